The predicted octanol–water partition coefficient (Wildman–Crippen LogP) is 5.09. The number of aryl methyl sites for hydroxylation is 1. The van der Waals surface area contributed by atoms with Gasteiger partial charge < -0.3 is 15.0 Å². The second-order valence-corrected chi connectivity index (χ2v) is 6.08. The van der Waals surface area contributed by atoms with Crippen molar-refractivity contribution in [3.05, 3.63) is 59.7 Å². The van der Waals surface area contributed by atoms with Crippen LogP contribution in [0.2, 0.25) is 0 Å². The lowest BCUT2D eigenvalue weighted by Gasteiger charge is -2.24. The monoisotopic (exact) mass is 340 g/mol. The molecule has 2 rings (SSSR count). The summed E-state index contributed by atoms with van der Waals surface area (Å²) in [5.41, 5.74) is 3.14. The summed E-state index contributed by atoms with van der Waals surface area (Å²) in [4.78, 5) is 14.6. The molecule has 134 valence electrons. The number of hydrogen-bond donors (Lipinski definition) is 1. The molecule has 0 heterocycles. The average Bonchev–Trinajstić information content (AvgIpc) is 2.66. The van der Waals surface area contributed by atoms with Gasteiger partial charge in [0.2, 0.25) is 0 Å². The molecule has 0 bridgehead atoms. The molecule has 4 nitrogen and oxygen atoms in total. The Labute approximate surface area is 150 Å². The molecule has 0 aliphatic rings. The van der Waals surface area contributed by atoms with Gasteiger partial charge in [0.25, 0.3) is 0 Å². The van der Waals surface area contributed by atoms with Gasteiger partial charge in [-0.15, -0.1) is 0 Å². The maximum absolute atomic E-state index is 12.8. The summed E-state index contributed by atoms with van der Waals surface area (Å²) in [6.07, 6.45) is 3.05. The van der Waals surface area contributed by atoms with Crippen molar-refractivity contribution in [3.8, 4) is 5.75 Å². The number of methoxy groups -OCH3 is 1. The Balaban J connectivity index is 2.10. The zero-order chi connectivity index (χ0) is 18.1. The summed E-state index contributed by atoms with van der Waals surface area (Å²) < 4.78 is 5.32. The highest BCUT2D eigenvalue weighted by Crippen LogP contribution is 2.23. The van der Waals surface area contributed by atoms with E-state index in [2.05, 4.69) is 43.4 Å². The lowest BCUT2D eigenvalue weighted by atomic mass is 10.1. The van der Waals surface area contributed by atoms with Crippen molar-refractivity contribution >= 4 is 11.7 Å². The van der Waals surface area contributed by atoms with E-state index in [0.717, 1.165) is 31.4 Å². The largest absolute Gasteiger partial charge is 0.495 e. The fourth-order valence-electron chi connectivity index (χ4n) is 2.64. The van der Waals surface area contributed by atoms with Crippen molar-refractivity contribution in [1.82, 2.24) is 4.90 Å². The van der Waals surface area contributed by atoms with Crippen molar-refractivity contribution < 1.29 is 9.53 Å². The van der Waals surface area contributed by atoms with Gasteiger partial charge in [0, 0.05) is 13.1 Å². The molecule has 0 spiro atoms. The molecule has 0 saturated heterocycles. The summed E-state index contributed by atoms with van der Waals surface area (Å²) in [6.45, 7) is 5.60. The third-order valence-electron chi connectivity index (χ3n) is 4.22. The Kier molecular flexibility index (Phi) is 7.33. The number of carbonyl (C=O) groups is 1. The SMILES string of the molecule is CCCCN(Cc1ccc(CC)cc1)C(=O)Nc1ccccc1OC. The number of urea groups is 1. The van der Waals surface area contributed by atoms with Crippen LogP contribution in [-0.2, 0) is 13.0 Å². The van der Waals surface area contributed by atoms with Gasteiger partial charge in [0.1, 0.15) is 5.75 Å². The molecular weight excluding hydrogens is 312 g/mol. The van der Waals surface area contributed by atoms with E-state index >= 15 is 0 Å². The third-order valence-corrected chi connectivity index (χ3v) is 4.22. The second-order valence-electron chi connectivity index (χ2n) is 6.08. The van der Waals surface area contributed by atoms with Crippen LogP contribution in [0.4, 0.5) is 10.5 Å². The van der Waals surface area contributed by atoms with Gasteiger partial charge in [0.05, 0.1) is 12.8 Å². The molecular formula is C21H28N2O2. The van der Waals surface area contributed by atoms with Crippen molar-refractivity contribution in [1.29, 1.82) is 0 Å². The molecule has 2 aromatic carbocycles. The fraction of sp³-hybridized carbons (Fsp3) is 0.381. The van der Waals surface area contributed by atoms with E-state index in [1.54, 1.807) is 7.11 Å². The molecule has 0 fully saturated rings. The number of anilines is 1. The first-order chi connectivity index (χ1) is 12.2. The Morgan fingerprint density at radius 3 is 2.36 bits per heavy atom. The van der Waals surface area contributed by atoms with Crippen molar-refractivity contribution in [2.45, 2.75) is 39.7 Å². The van der Waals surface area contributed by atoms with Gasteiger partial charge in [-0.1, -0.05) is 56.7 Å². The van der Waals surface area contributed by atoms with E-state index in [1.807, 2.05) is 29.2 Å². The first kappa shape index (κ1) is 18.8. The zero-order valence-electron chi connectivity index (χ0n) is 15.4. The number of benzene rings is 2. The lowest BCUT2D eigenvalue weighted by Crippen LogP contribution is -2.35. The smallest absolute Gasteiger partial charge is 0.322 e. The molecule has 0 unspecified atom stereocenters. The van der Waals surface area contributed by atoms with E-state index in [9.17, 15) is 4.79 Å². The Hall–Kier alpha value is -2.49. The van der Waals surface area contributed by atoms with E-state index in [1.165, 1.54) is 5.56 Å². The number of amides is 2. The van der Waals surface area contributed by atoms with Crippen LogP contribution in [0.1, 0.15) is 37.8 Å². The highest BCUT2D eigenvalue weighted by Gasteiger charge is 2.15. The summed E-state index contributed by atoms with van der Waals surface area (Å²) in [6, 6.07) is 15.8. The zero-order valence-corrected chi connectivity index (χ0v) is 15.4. The summed E-state index contributed by atoms with van der Waals surface area (Å²) in [5, 5.41) is 2.98. The fourth-order valence-corrected chi connectivity index (χ4v) is 2.64. The summed E-state index contributed by atoms with van der Waals surface area (Å²) in [7, 11) is 1.61. The minimum Gasteiger partial charge on any atom is -0.495 e. The van der Waals surface area contributed by atoms with Crippen LogP contribution in [-0.4, -0.2) is 24.6 Å². The summed E-state index contributed by atoms with van der Waals surface area (Å²) >= 11 is 0. The molecule has 1 N–H and O–H groups in total. The maximum Gasteiger partial charge on any atom is 0.322 e. The highest BCUT2D eigenvalue weighted by atomic mass is 16.5. The van der Waals surface area contributed by atoms with Crippen LogP contribution in [0.5, 0.6) is 5.75 Å². The number of para-hydroxylation sites is 2. The standard InChI is InChI=1S/C21H28N2O2/c1-4-6-15-23(16-18-13-11-17(5-2)12-14-18)21(24)22-19-9-7-8-10-20(19)25-3/h7-14H,4-6,15-16H2,1-3H3,(H,22,24). The molecule has 0 saturated carbocycles. The van der Waals surface area contributed by atoms with Crippen LogP contribution < -0.4 is 10.1 Å². The quantitative estimate of drug-likeness (QED) is 0.727. The number of carbonyl (C=O) groups excluding carboxylic acids is 1. The molecule has 0 atom stereocenters. The van der Waals surface area contributed by atoms with E-state index in [-0.39, 0.29) is 6.03 Å². The lowest BCUT2D eigenvalue weighted by molar-refractivity contribution is 0.208. The number of nitrogens with one attached hydrogen (secondary N) is 1. The molecule has 4 heteroatoms. The first-order valence-electron chi connectivity index (χ1n) is 8.94. The molecule has 2 aromatic rings. The number of hydrogen-bond acceptors (Lipinski definition) is 2. The van der Waals surface area contributed by atoms with Crippen LogP contribution in [0.15, 0.2) is 48.5 Å². The number of unbranched alkanes of at least 4 members (excludes halogenated alkanes) is 1. The van der Waals surface area contributed by atoms with Gasteiger partial charge in [0.15, 0.2) is 0 Å². The van der Waals surface area contributed by atoms with Crippen LogP contribution >= 0.6 is 0 Å². The molecule has 0 aliphatic heterocycles. The van der Waals surface area contributed by atoms with E-state index < -0.39 is 0 Å². The van der Waals surface area contributed by atoms with Crippen LogP contribution in [0.25, 0.3) is 0 Å². The molecule has 0 radical (unpaired) electrons. The molecule has 0 aliphatic carbocycles. The number of nitrogens with zero attached hydrogens (tertiary/aromatic N) is 1. The third kappa shape index (κ3) is 5.52. The van der Waals surface area contributed by atoms with Gasteiger partial charge >= 0.3 is 6.03 Å². The number of ether oxygens (including phenoxy) is 1. The Morgan fingerprint density at radius 1 is 1.04 bits per heavy atom. The predicted molar refractivity (Wildman–Crippen MR) is 103 cm³/mol. The van der Waals surface area contributed by atoms with Gasteiger partial charge in [-0.2, -0.15) is 0 Å². The van der Waals surface area contributed by atoms with Gasteiger partial charge in [-0.05, 0) is 36.1 Å². The Bertz CT molecular complexity index is 668. The minimum absolute atomic E-state index is 0.0995. The summed E-state index contributed by atoms with van der Waals surface area (Å²) in [5.74, 6) is 0.665. The molecule has 0 aromatic heterocycles. The highest BCUT2D eigenvalue weighted by molar-refractivity contribution is 5.91. The molecule has 25 heavy (non-hydrogen) atoms. The topological polar surface area (TPSA) is 41.6 Å². The van der Waals surface area contributed by atoms with Gasteiger partial charge in [-0.3, -0.25) is 0 Å². The van der Waals surface area contributed by atoms with E-state index in [4.69, 9.17) is 4.74 Å². The average molecular weight is 340 g/mol. The van der Waals surface area contributed by atoms with E-state index in [0.29, 0.717) is 18.0 Å². The normalized spacial score (nSPS) is 10.4. The minimum atomic E-state index is -0.0995. The number of rotatable bonds is 8. The first-order valence-corrected chi connectivity index (χ1v) is 8.94. The van der Waals surface area contributed by atoms with Crippen molar-refractivity contribution in [3.63, 3.8) is 0 Å². The van der Waals surface area contributed by atoms with Crippen molar-refractivity contribution in [2.24, 2.45) is 0 Å². The maximum atomic E-state index is 12.8. The van der Waals surface area contributed by atoms with Crippen molar-refractivity contribution in [2.75, 3.05) is 19.0 Å². The van der Waals surface area contributed by atoms with Gasteiger partial charge in [-0.25, -0.2) is 4.79 Å². The Morgan fingerprint density at radius 2 is 1.72 bits per heavy atom. The van der Waals surface area contributed by atoms with Crippen LogP contribution in [0, 0.1) is 0 Å². The molecule has 2 amide bonds. The second kappa shape index (κ2) is 9.72. The van der Waals surface area contributed by atoms with Crippen LogP contribution in [0.3, 0.4) is 0 Å².